The van der Waals surface area contributed by atoms with E-state index in [2.05, 4.69) is 187 Å². The zero-order valence-electron chi connectivity index (χ0n) is 32.1. The third-order valence-corrected chi connectivity index (χ3v) is 11.2. The highest BCUT2D eigenvalue weighted by molar-refractivity contribution is 6.28. The van der Waals surface area contributed by atoms with Crippen LogP contribution in [0.1, 0.15) is 44.3 Å². The molecule has 0 aliphatic heterocycles. The zero-order valence-corrected chi connectivity index (χ0v) is 32.1. The van der Waals surface area contributed by atoms with Crippen LogP contribution in [-0.2, 0) is 6.42 Å². The van der Waals surface area contributed by atoms with Crippen LogP contribution >= 0.6 is 0 Å². The van der Waals surface area contributed by atoms with Gasteiger partial charge in [0.2, 0.25) is 0 Å². The molecule has 0 saturated heterocycles. The van der Waals surface area contributed by atoms with Crippen molar-refractivity contribution in [2.75, 3.05) is 0 Å². The molecule has 0 radical (unpaired) electrons. The average Bonchev–Trinajstić information content (AvgIpc) is 3.61. The topological polar surface area (TPSA) is 43.6 Å². The number of aromatic nitrogens is 4. The Kier molecular flexibility index (Phi) is 9.08. The lowest BCUT2D eigenvalue weighted by Crippen LogP contribution is -2.05. The first kappa shape index (κ1) is 34.6. The van der Waals surface area contributed by atoms with Crippen molar-refractivity contribution in [3.63, 3.8) is 0 Å². The van der Waals surface area contributed by atoms with E-state index in [4.69, 9.17) is 15.0 Å². The Labute approximate surface area is 332 Å². The number of unbranched alkanes of at least 4 members (excludes halogenated alkanes) is 1. The summed E-state index contributed by atoms with van der Waals surface area (Å²) in [5, 5.41) is 9.70. The minimum atomic E-state index is 0.627. The van der Waals surface area contributed by atoms with Gasteiger partial charge in [-0.05, 0) is 93.7 Å². The summed E-state index contributed by atoms with van der Waals surface area (Å²) in [5.74, 6) is 2.20. The van der Waals surface area contributed by atoms with Crippen molar-refractivity contribution in [3.05, 3.63) is 188 Å². The van der Waals surface area contributed by atoms with Gasteiger partial charge in [0.25, 0.3) is 0 Å². The molecule has 0 fully saturated rings. The number of benzene rings is 7. The van der Waals surface area contributed by atoms with Gasteiger partial charge in [0, 0.05) is 39.4 Å². The second-order valence-electron chi connectivity index (χ2n) is 14.8. The Morgan fingerprint density at radius 2 is 1.25 bits per heavy atom. The van der Waals surface area contributed by atoms with Crippen LogP contribution in [0.25, 0.3) is 87.9 Å². The van der Waals surface area contributed by atoms with Crippen molar-refractivity contribution < 1.29 is 0 Å². The molecule has 57 heavy (non-hydrogen) atoms. The van der Waals surface area contributed by atoms with E-state index in [1.165, 1.54) is 59.9 Å². The van der Waals surface area contributed by atoms with Gasteiger partial charge < -0.3 is 4.57 Å². The minimum absolute atomic E-state index is 0.627. The summed E-state index contributed by atoms with van der Waals surface area (Å²) < 4.78 is 2.37. The summed E-state index contributed by atoms with van der Waals surface area (Å²) >= 11 is 0. The predicted molar refractivity (Wildman–Crippen MR) is 241 cm³/mol. The molecule has 0 spiro atoms. The Morgan fingerprint density at radius 3 is 2.07 bits per heavy atom. The van der Waals surface area contributed by atoms with Crippen molar-refractivity contribution in [1.29, 1.82) is 0 Å². The molecular formula is C53H42N4. The highest BCUT2D eigenvalue weighted by atomic mass is 15.0. The Bertz CT molecular complexity index is 3110. The van der Waals surface area contributed by atoms with E-state index < -0.39 is 0 Å². The number of fused-ring (bicyclic) bond motifs is 9. The number of nitrogens with zero attached hydrogens (tertiary/aromatic N) is 4. The summed E-state index contributed by atoms with van der Waals surface area (Å²) in [6.07, 6.45) is 20.1. The van der Waals surface area contributed by atoms with E-state index in [9.17, 15) is 0 Å². The molecule has 0 saturated carbocycles. The van der Waals surface area contributed by atoms with Crippen molar-refractivity contribution in [2.45, 2.75) is 39.0 Å². The quantitative estimate of drug-likeness (QED) is 0.110. The first-order valence-electron chi connectivity index (χ1n) is 20.2. The highest BCUT2D eigenvalue weighted by Gasteiger charge is 2.19. The van der Waals surface area contributed by atoms with E-state index >= 15 is 0 Å². The lowest BCUT2D eigenvalue weighted by atomic mass is 9.89. The van der Waals surface area contributed by atoms with E-state index in [0.717, 1.165) is 59.5 Å². The average molecular weight is 735 g/mol. The molecule has 2 heterocycles. The van der Waals surface area contributed by atoms with Gasteiger partial charge in [-0.1, -0.05) is 153 Å². The fourth-order valence-electron chi connectivity index (χ4n) is 8.51. The first-order chi connectivity index (χ1) is 28.2. The molecule has 4 heteroatoms. The van der Waals surface area contributed by atoms with Crippen molar-refractivity contribution >= 4 is 59.7 Å². The third-order valence-electron chi connectivity index (χ3n) is 11.2. The minimum Gasteiger partial charge on any atom is -0.309 e. The maximum Gasteiger partial charge on any atom is 0.164 e. The summed E-state index contributed by atoms with van der Waals surface area (Å²) in [4.78, 5) is 15.4. The number of rotatable bonds is 9. The molecule has 0 N–H and O–H groups in total. The van der Waals surface area contributed by atoms with E-state index in [0.29, 0.717) is 12.2 Å². The van der Waals surface area contributed by atoms with Gasteiger partial charge in [-0.3, -0.25) is 0 Å². The molecule has 0 amide bonds. The van der Waals surface area contributed by atoms with E-state index in [-0.39, 0.29) is 0 Å². The summed E-state index contributed by atoms with van der Waals surface area (Å²) in [6, 6.07) is 48.6. The smallest absolute Gasteiger partial charge is 0.164 e. The third kappa shape index (κ3) is 6.33. The molecular weight excluding hydrogens is 693 g/mol. The molecule has 0 bridgehead atoms. The van der Waals surface area contributed by atoms with Crippen LogP contribution in [0.15, 0.2) is 176 Å². The second kappa shape index (κ2) is 15.0. The Hall–Kier alpha value is -6.91. The first-order valence-corrected chi connectivity index (χ1v) is 20.2. The SMILES string of the molecule is CCC/C=C\C=C/Cc1nc(C2=CCCC=C2)nc(-c2cccc3c4ccccc4c4cc(-c5ccc6c(c5)c5ccccc5n6-c5ccccc5)ccc4c23)n1. The van der Waals surface area contributed by atoms with Crippen LogP contribution in [0.5, 0.6) is 0 Å². The molecule has 4 nitrogen and oxygen atoms in total. The molecule has 10 rings (SSSR count). The molecule has 7 aromatic carbocycles. The number of hydrogen-bond donors (Lipinski definition) is 0. The standard InChI is InChI=1S/C53H42N4/c1-2-3-4-5-6-13-29-50-54-52(36-19-9-7-10-20-36)56-53(55-50)45-27-18-26-43-40-23-14-15-24-41(40)46-34-37(30-32-44(46)51(43)45)38-31-33-49-47(35-38)42-25-16-17-28-48(42)57(49)39-21-11-8-12-22-39/h4-6,8-9,11-28,30-35H,2-3,7,10,29H2,1H3/b5-4-,13-6-. The molecule has 1 aliphatic rings. The molecule has 0 atom stereocenters. The van der Waals surface area contributed by atoms with Crippen LogP contribution in [0, 0.1) is 0 Å². The van der Waals surface area contributed by atoms with Gasteiger partial charge in [0.1, 0.15) is 5.82 Å². The Morgan fingerprint density at radius 1 is 0.561 bits per heavy atom. The van der Waals surface area contributed by atoms with Gasteiger partial charge in [0.05, 0.1) is 11.0 Å². The largest absolute Gasteiger partial charge is 0.309 e. The van der Waals surface area contributed by atoms with Gasteiger partial charge in [-0.15, -0.1) is 0 Å². The van der Waals surface area contributed by atoms with Crippen LogP contribution in [0.3, 0.4) is 0 Å². The van der Waals surface area contributed by atoms with Gasteiger partial charge in [-0.2, -0.15) is 0 Å². The lowest BCUT2D eigenvalue weighted by Gasteiger charge is -2.16. The second-order valence-corrected chi connectivity index (χ2v) is 14.8. The van der Waals surface area contributed by atoms with E-state index in [1.54, 1.807) is 0 Å². The van der Waals surface area contributed by atoms with Crippen molar-refractivity contribution in [3.8, 4) is 28.2 Å². The molecule has 9 aromatic rings. The lowest BCUT2D eigenvalue weighted by molar-refractivity contribution is 0.919. The van der Waals surface area contributed by atoms with Gasteiger partial charge in [0.15, 0.2) is 11.6 Å². The predicted octanol–water partition coefficient (Wildman–Crippen LogP) is 14.0. The number of para-hydroxylation sites is 2. The van der Waals surface area contributed by atoms with Crippen molar-refractivity contribution in [1.82, 2.24) is 19.5 Å². The summed E-state index contributed by atoms with van der Waals surface area (Å²) in [7, 11) is 0. The van der Waals surface area contributed by atoms with Crippen LogP contribution in [0.4, 0.5) is 0 Å². The molecule has 274 valence electrons. The zero-order chi connectivity index (χ0) is 38.1. The molecule has 1 aliphatic carbocycles. The molecule has 0 unspecified atom stereocenters. The fourth-order valence-corrected chi connectivity index (χ4v) is 8.51. The van der Waals surface area contributed by atoms with Crippen LogP contribution in [-0.4, -0.2) is 19.5 Å². The monoisotopic (exact) mass is 734 g/mol. The van der Waals surface area contributed by atoms with Crippen LogP contribution < -0.4 is 0 Å². The molecule has 2 aromatic heterocycles. The van der Waals surface area contributed by atoms with E-state index in [1.807, 2.05) is 0 Å². The maximum atomic E-state index is 5.19. The normalized spacial score (nSPS) is 13.3. The van der Waals surface area contributed by atoms with Gasteiger partial charge >= 0.3 is 0 Å². The summed E-state index contributed by atoms with van der Waals surface area (Å²) in [6.45, 7) is 2.20. The fraction of sp³-hybridized carbons (Fsp3) is 0.113. The van der Waals surface area contributed by atoms with Crippen molar-refractivity contribution in [2.24, 2.45) is 0 Å². The summed E-state index contributed by atoms with van der Waals surface area (Å²) in [5.41, 5.74) is 8.02. The Balaban J connectivity index is 1.15. The van der Waals surface area contributed by atoms with Crippen LogP contribution in [0.2, 0.25) is 0 Å². The van der Waals surface area contributed by atoms with Gasteiger partial charge in [-0.25, -0.2) is 15.0 Å². The maximum absolute atomic E-state index is 5.19. The highest BCUT2D eigenvalue weighted by Crippen LogP contribution is 2.42. The number of allylic oxidation sites excluding steroid dienone is 8. The number of hydrogen-bond acceptors (Lipinski definition) is 3.